The number of rotatable bonds is 7. The zero-order valence-electron chi connectivity index (χ0n) is 20.7. The number of amides is 1. The highest BCUT2D eigenvalue weighted by atomic mass is 19.4. The molecule has 1 aliphatic heterocycles. The standard InChI is InChI=1S/C27H24F5N3O4/c1-15-2-3-18(34-24(37)16-4-6-33-22(10-16)27(30,31)32)13-19(15)17-11-21(35-23(12-17)39-9-7-36)25-5-8-38-14-20(25)26(25,28)29/h2-4,6,10-13,20,36H,5,7-9,14H2,1H3,(H,34,37). The Balaban J connectivity index is 1.50. The molecule has 3 aromatic rings. The summed E-state index contributed by atoms with van der Waals surface area (Å²) in [7, 11) is 0. The lowest BCUT2D eigenvalue weighted by Gasteiger charge is -2.22. The number of pyridine rings is 2. The number of hydrogen-bond acceptors (Lipinski definition) is 6. The van der Waals surface area contributed by atoms with Crippen molar-refractivity contribution >= 4 is 11.6 Å². The molecule has 1 aliphatic carbocycles. The van der Waals surface area contributed by atoms with Gasteiger partial charge in [-0.2, -0.15) is 13.2 Å². The molecule has 7 nitrogen and oxygen atoms in total. The van der Waals surface area contributed by atoms with E-state index in [1.165, 1.54) is 6.07 Å². The zero-order chi connectivity index (χ0) is 28.0. The lowest BCUT2D eigenvalue weighted by atomic mass is 9.90. The molecule has 2 fully saturated rings. The Bertz CT molecular complexity index is 1410. The number of aliphatic hydroxyl groups is 1. The van der Waals surface area contributed by atoms with E-state index in [2.05, 4.69) is 15.3 Å². The summed E-state index contributed by atoms with van der Waals surface area (Å²) >= 11 is 0. The van der Waals surface area contributed by atoms with Crippen molar-refractivity contribution in [3.05, 3.63) is 71.2 Å². The van der Waals surface area contributed by atoms with Crippen LogP contribution in [0.25, 0.3) is 11.1 Å². The van der Waals surface area contributed by atoms with Crippen LogP contribution in [0.2, 0.25) is 0 Å². The Kier molecular flexibility index (Phi) is 6.79. The van der Waals surface area contributed by atoms with Gasteiger partial charge < -0.3 is 19.9 Å². The van der Waals surface area contributed by atoms with E-state index in [4.69, 9.17) is 9.47 Å². The van der Waals surface area contributed by atoms with Crippen LogP contribution in [0.5, 0.6) is 5.88 Å². The molecule has 1 saturated heterocycles. The van der Waals surface area contributed by atoms with Gasteiger partial charge in [0, 0.05) is 30.1 Å². The summed E-state index contributed by atoms with van der Waals surface area (Å²) in [5, 5.41) is 11.8. The fourth-order valence-corrected chi connectivity index (χ4v) is 5.09. The number of halogens is 5. The van der Waals surface area contributed by atoms with Crippen LogP contribution in [0.1, 0.15) is 33.7 Å². The van der Waals surface area contributed by atoms with E-state index >= 15 is 0 Å². The highest BCUT2D eigenvalue weighted by molar-refractivity contribution is 6.04. The molecule has 206 valence electrons. The van der Waals surface area contributed by atoms with Gasteiger partial charge in [0.1, 0.15) is 12.3 Å². The van der Waals surface area contributed by atoms with E-state index in [9.17, 15) is 31.9 Å². The maximum absolute atomic E-state index is 15.0. The van der Waals surface area contributed by atoms with Gasteiger partial charge in [0.05, 0.1) is 30.2 Å². The lowest BCUT2D eigenvalue weighted by Crippen LogP contribution is -2.25. The Morgan fingerprint density at radius 2 is 2.00 bits per heavy atom. The number of nitrogens with one attached hydrogen (secondary N) is 1. The number of anilines is 1. The highest BCUT2D eigenvalue weighted by Gasteiger charge is 2.82. The number of aryl methyl sites for hydroxylation is 1. The third-order valence-electron chi connectivity index (χ3n) is 7.19. The first-order valence-corrected chi connectivity index (χ1v) is 12.1. The summed E-state index contributed by atoms with van der Waals surface area (Å²) in [5.74, 6) is -4.74. The SMILES string of the molecule is Cc1ccc(NC(=O)c2ccnc(C(F)(F)F)c2)cc1-c1cc(OCCO)nc(C23CCOCC2C3(F)F)c1. The molecule has 2 aliphatic rings. The summed E-state index contributed by atoms with van der Waals surface area (Å²) < 4.78 is 79.8. The Labute approximate surface area is 220 Å². The molecule has 39 heavy (non-hydrogen) atoms. The molecule has 5 rings (SSSR count). The smallest absolute Gasteiger partial charge is 0.433 e. The molecule has 2 atom stereocenters. The maximum atomic E-state index is 15.0. The number of aromatic nitrogens is 2. The van der Waals surface area contributed by atoms with Crippen LogP contribution >= 0.6 is 0 Å². The van der Waals surface area contributed by atoms with Gasteiger partial charge in [-0.3, -0.25) is 9.78 Å². The number of aliphatic hydroxyl groups excluding tert-OH is 1. The molecule has 2 unspecified atom stereocenters. The van der Waals surface area contributed by atoms with Crippen molar-refractivity contribution in [3.8, 4) is 17.0 Å². The average Bonchev–Trinajstić information content (AvgIpc) is 3.44. The topological polar surface area (TPSA) is 93.6 Å². The fraction of sp³-hybridized carbons (Fsp3) is 0.370. The Morgan fingerprint density at radius 3 is 2.72 bits per heavy atom. The predicted octanol–water partition coefficient (Wildman–Crippen LogP) is 5.02. The van der Waals surface area contributed by atoms with Crippen LogP contribution in [-0.2, 0) is 16.3 Å². The number of benzene rings is 1. The van der Waals surface area contributed by atoms with Gasteiger partial charge >= 0.3 is 6.18 Å². The van der Waals surface area contributed by atoms with Crippen molar-refractivity contribution in [2.24, 2.45) is 5.92 Å². The van der Waals surface area contributed by atoms with Crippen molar-refractivity contribution in [3.63, 3.8) is 0 Å². The number of nitrogens with zero attached hydrogens (tertiary/aromatic N) is 2. The second-order valence-electron chi connectivity index (χ2n) is 9.53. The fourth-order valence-electron chi connectivity index (χ4n) is 5.09. The summed E-state index contributed by atoms with van der Waals surface area (Å²) in [6.07, 6.45) is -3.72. The third kappa shape index (κ3) is 4.82. The molecule has 0 radical (unpaired) electrons. The number of carbonyl (C=O) groups is 1. The second-order valence-corrected chi connectivity index (χ2v) is 9.53. The quantitative estimate of drug-likeness (QED) is 0.403. The number of fused-ring (bicyclic) bond motifs is 1. The molecule has 1 amide bonds. The number of hydrogen-bond donors (Lipinski definition) is 2. The minimum absolute atomic E-state index is 0.0594. The number of alkyl halides is 5. The molecule has 2 aromatic heterocycles. The highest BCUT2D eigenvalue weighted by Crippen LogP contribution is 2.69. The Hall–Kier alpha value is -3.64. The van der Waals surface area contributed by atoms with E-state index in [0.29, 0.717) is 17.2 Å². The van der Waals surface area contributed by atoms with E-state index < -0.39 is 35.0 Å². The van der Waals surface area contributed by atoms with Crippen LogP contribution in [0, 0.1) is 12.8 Å². The van der Waals surface area contributed by atoms with E-state index in [1.807, 2.05) is 0 Å². The zero-order valence-corrected chi connectivity index (χ0v) is 20.7. The minimum Gasteiger partial charge on any atom is -0.475 e. The van der Waals surface area contributed by atoms with Gasteiger partial charge in [0.15, 0.2) is 0 Å². The van der Waals surface area contributed by atoms with Crippen LogP contribution < -0.4 is 10.1 Å². The average molecular weight is 549 g/mol. The van der Waals surface area contributed by atoms with Crippen LogP contribution in [0.4, 0.5) is 27.6 Å². The van der Waals surface area contributed by atoms with Crippen LogP contribution in [-0.4, -0.2) is 53.3 Å². The van der Waals surface area contributed by atoms with Gasteiger partial charge in [-0.15, -0.1) is 0 Å². The van der Waals surface area contributed by atoms with Crippen molar-refractivity contribution in [2.75, 3.05) is 31.7 Å². The van der Waals surface area contributed by atoms with Crippen LogP contribution in [0.15, 0.2) is 48.7 Å². The molecule has 12 heteroatoms. The van der Waals surface area contributed by atoms with E-state index in [-0.39, 0.29) is 55.7 Å². The van der Waals surface area contributed by atoms with Gasteiger partial charge in [0.2, 0.25) is 5.88 Å². The molecule has 1 aromatic carbocycles. The first-order chi connectivity index (χ1) is 18.5. The molecular weight excluding hydrogens is 525 g/mol. The second kappa shape index (κ2) is 9.83. The van der Waals surface area contributed by atoms with E-state index in [0.717, 1.165) is 11.8 Å². The summed E-state index contributed by atoms with van der Waals surface area (Å²) in [6.45, 7) is 1.47. The third-order valence-corrected chi connectivity index (χ3v) is 7.19. The Morgan fingerprint density at radius 1 is 1.21 bits per heavy atom. The number of carbonyl (C=O) groups excluding carboxylic acids is 1. The molecule has 0 spiro atoms. The van der Waals surface area contributed by atoms with E-state index in [1.54, 1.807) is 37.3 Å². The summed E-state index contributed by atoms with van der Waals surface area (Å²) in [5.41, 5.74) is -0.682. The first-order valence-electron chi connectivity index (χ1n) is 12.1. The monoisotopic (exact) mass is 549 g/mol. The molecule has 3 heterocycles. The van der Waals surface area contributed by atoms with Crippen molar-refractivity contribution < 1.29 is 41.3 Å². The molecule has 0 bridgehead atoms. The van der Waals surface area contributed by atoms with Gasteiger partial charge in [-0.1, -0.05) is 6.07 Å². The largest absolute Gasteiger partial charge is 0.475 e. The van der Waals surface area contributed by atoms with Gasteiger partial charge in [-0.05, 0) is 60.4 Å². The minimum atomic E-state index is -4.70. The van der Waals surface area contributed by atoms with Crippen molar-refractivity contribution in [1.29, 1.82) is 0 Å². The summed E-state index contributed by atoms with van der Waals surface area (Å²) in [6, 6.07) is 9.81. The lowest BCUT2D eigenvalue weighted by molar-refractivity contribution is -0.141. The van der Waals surface area contributed by atoms with Crippen molar-refractivity contribution in [1.82, 2.24) is 9.97 Å². The van der Waals surface area contributed by atoms with Gasteiger partial charge in [-0.25, -0.2) is 13.8 Å². The normalized spacial score (nSPS) is 21.7. The van der Waals surface area contributed by atoms with Gasteiger partial charge in [0.25, 0.3) is 11.8 Å². The number of ether oxygens (including phenoxy) is 2. The summed E-state index contributed by atoms with van der Waals surface area (Å²) in [4.78, 5) is 20.3. The first kappa shape index (κ1) is 26.9. The van der Waals surface area contributed by atoms with Crippen molar-refractivity contribution in [2.45, 2.75) is 30.9 Å². The molecule has 2 N–H and O–H groups in total. The molecule has 1 saturated carbocycles. The maximum Gasteiger partial charge on any atom is 0.433 e. The van der Waals surface area contributed by atoms with Crippen LogP contribution in [0.3, 0.4) is 0 Å². The predicted molar refractivity (Wildman–Crippen MR) is 130 cm³/mol. The molecular formula is C27H24F5N3O4.